The molecule has 1 rings (SSSR count). The lowest BCUT2D eigenvalue weighted by molar-refractivity contribution is -0.120. The van der Waals surface area contributed by atoms with E-state index in [4.69, 9.17) is 10.5 Å². The van der Waals surface area contributed by atoms with E-state index in [1.807, 2.05) is 0 Å². The molecular formula is C12H17N3O3. The molecule has 0 fully saturated rings. The molecule has 18 heavy (non-hydrogen) atoms. The summed E-state index contributed by atoms with van der Waals surface area (Å²) in [6.45, 7) is 0.260. The second-order valence-electron chi connectivity index (χ2n) is 3.64. The highest BCUT2D eigenvalue weighted by Crippen LogP contribution is 2.20. The zero-order valence-electron chi connectivity index (χ0n) is 10.4. The molecule has 0 spiro atoms. The van der Waals surface area contributed by atoms with Crippen molar-refractivity contribution in [2.75, 3.05) is 26.4 Å². The van der Waals surface area contributed by atoms with E-state index in [1.54, 1.807) is 19.2 Å². The van der Waals surface area contributed by atoms with Gasteiger partial charge in [-0.05, 0) is 18.2 Å². The molecule has 0 aliphatic carbocycles. The lowest BCUT2D eigenvalue weighted by Gasteiger charge is -2.09. The third kappa shape index (κ3) is 3.65. The Morgan fingerprint density at radius 3 is 2.72 bits per heavy atom. The Morgan fingerprint density at radius 2 is 2.11 bits per heavy atom. The molecule has 6 heteroatoms. The molecule has 0 radical (unpaired) electrons. The highest BCUT2D eigenvalue weighted by atomic mass is 16.5. The standard InChI is InChI=1S/C12H17N3O3/c1-14-11(16)5-6-15-12(17)9-7-8(13)3-4-10(9)18-2/h3-4,7H,5-6,13H2,1-2H3,(H,14,16)(H,15,17). The summed E-state index contributed by atoms with van der Waals surface area (Å²) in [4.78, 5) is 22.9. The average molecular weight is 251 g/mol. The summed E-state index contributed by atoms with van der Waals surface area (Å²) in [5.41, 5.74) is 6.45. The van der Waals surface area contributed by atoms with Gasteiger partial charge in [0, 0.05) is 25.7 Å². The van der Waals surface area contributed by atoms with Gasteiger partial charge in [0.05, 0.1) is 12.7 Å². The third-order valence-electron chi connectivity index (χ3n) is 2.38. The maximum atomic E-state index is 11.9. The fraction of sp³-hybridized carbons (Fsp3) is 0.333. The summed E-state index contributed by atoms with van der Waals surface area (Å²) < 4.78 is 5.07. The monoisotopic (exact) mass is 251 g/mol. The maximum Gasteiger partial charge on any atom is 0.255 e. The summed E-state index contributed by atoms with van der Waals surface area (Å²) in [5, 5.41) is 5.11. The molecule has 0 aliphatic rings. The van der Waals surface area contributed by atoms with E-state index < -0.39 is 0 Å². The lowest BCUT2D eigenvalue weighted by atomic mass is 10.1. The number of ether oxygens (including phenoxy) is 1. The zero-order chi connectivity index (χ0) is 13.5. The Bertz CT molecular complexity index is 446. The normalized spacial score (nSPS) is 9.67. The number of carbonyl (C=O) groups excluding carboxylic acids is 2. The quantitative estimate of drug-likeness (QED) is 0.649. The van der Waals surface area contributed by atoms with Crippen molar-refractivity contribution in [2.24, 2.45) is 0 Å². The molecule has 0 atom stereocenters. The van der Waals surface area contributed by atoms with Gasteiger partial charge in [0.25, 0.3) is 5.91 Å². The van der Waals surface area contributed by atoms with Crippen molar-refractivity contribution in [3.05, 3.63) is 23.8 Å². The van der Waals surface area contributed by atoms with Gasteiger partial charge in [0.1, 0.15) is 5.75 Å². The van der Waals surface area contributed by atoms with Crippen molar-refractivity contribution in [2.45, 2.75) is 6.42 Å². The Labute approximate surface area is 105 Å². The fourth-order valence-electron chi connectivity index (χ4n) is 1.41. The molecule has 1 aromatic carbocycles. The number of methoxy groups -OCH3 is 1. The van der Waals surface area contributed by atoms with Crippen molar-refractivity contribution < 1.29 is 14.3 Å². The van der Waals surface area contributed by atoms with E-state index in [9.17, 15) is 9.59 Å². The molecule has 4 N–H and O–H groups in total. The van der Waals surface area contributed by atoms with Gasteiger partial charge in [-0.3, -0.25) is 9.59 Å². The van der Waals surface area contributed by atoms with E-state index in [0.29, 0.717) is 17.0 Å². The van der Waals surface area contributed by atoms with E-state index in [2.05, 4.69) is 10.6 Å². The first-order valence-electron chi connectivity index (χ1n) is 5.50. The number of benzene rings is 1. The van der Waals surface area contributed by atoms with Crippen LogP contribution in [0.15, 0.2) is 18.2 Å². The largest absolute Gasteiger partial charge is 0.496 e. The van der Waals surface area contributed by atoms with E-state index >= 15 is 0 Å². The number of hydrogen-bond acceptors (Lipinski definition) is 4. The second kappa shape index (κ2) is 6.48. The van der Waals surface area contributed by atoms with Crippen molar-refractivity contribution in [3.8, 4) is 5.75 Å². The molecule has 1 aromatic rings. The number of carbonyl (C=O) groups is 2. The first-order chi connectivity index (χ1) is 8.58. The van der Waals surface area contributed by atoms with Crippen LogP contribution in [0.3, 0.4) is 0 Å². The number of hydrogen-bond donors (Lipinski definition) is 3. The van der Waals surface area contributed by atoms with E-state index in [1.165, 1.54) is 13.2 Å². The molecule has 98 valence electrons. The second-order valence-corrected chi connectivity index (χ2v) is 3.64. The van der Waals surface area contributed by atoms with Crippen LogP contribution in [0, 0.1) is 0 Å². The number of rotatable bonds is 5. The number of nitrogens with one attached hydrogen (secondary N) is 2. The average Bonchev–Trinajstić information content (AvgIpc) is 2.38. The fourth-order valence-corrected chi connectivity index (χ4v) is 1.41. The summed E-state index contributed by atoms with van der Waals surface area (Å²) in [7, 11) is 3.03. The van der Waals surface area contributed by atoms with Crippen LogP contribution in [-0.4, -0.2) is 32.5 Å². The highest BCUT2D eigenvalue weighted by Gasteiger charge is 2.12. The van der Waals surface area contributed by atoms with Gasteiger partial charge in [0.15, 0.2) is 0 Å². The van der Waals surface area contributed by atoms with Crippen LogP contribution < -0.4 is 21.1 Å². The number of amides is 2. The summed E-state index contributed by atoms with van der Waals surface area (Å²) in [5.74, 6) is -0.000429. The molecule has 0 saturated heterocycles. The molecule has 0 aliphatic heterocycles. The number of anilines is 1. The number of nitrogens with two attached hydrogens (primary N) is 1. The van der Waals surface area contributed by atoms with Crippen molar-refractivity contribution in [1.29, 1.82) is 0 Å². The van der Waals surface area contributed by atoms with Crippen LogP contribution in [0.1, 0.15) is 16.8 Å². The summed E-state index contributed by atoms with van der Waals surface area (Å²) >= 11 is 0. The van der Waals surface area contributed by atoms with Crippen molar-refractivity contribution in [3.63, 3.8) is 0 Å². The minimum Gasteiger partial charge on any atom is -0.496 e. The molecule has 0 heterocycles. The van der Waals surface area contributed by atoms with Crippen LogP contribution in [0.2, 0.25) is 0 Å². The first-order valence-corrected chi connectivity index (χ1v) is 5.50. The Morgan fingerprint density at radius 1 is 1.39 bits per heavy atom. The van der Waals surface area contributed by atoms with E-state index in [0.717, 1.165) is 0 Å². The van der Waals surface area contributed by atoms with Gasteiger partial charge in [0.2, 0.25) is 5.91 Å². The van der Waals surface area contributed by atoms with Crippen molar-refractivity contribution >= 4 is 17.5 Å². The summed E-state index contributed by atoms with van der Waals surface area (Å²) in [6, 6.07) is 4.82. The maximum absolute atomic E-state index is 11.9. The molecule has 0 unspecified atom stereocenters. The minimum absolute atomic E-state index is 0.130. The molecule has 2 amide bonds. The Hall–Kier alpha value is -2.24. The SMILES string of the molecule is CNC(=O)CCNC(=O)c1cc(N)ccc1OC. The molecular weight excluding hydrogens is 234 g/mol. The van der Waals surface area contributed by atoms with Gasteiger partial charge < -0.3 is 21.1 Å². The Balaban J connectivity index is 2.66. The molecule has 6 nitrogen and oxygen atoms in total. The van der Waals surface area contributed by atoms with Gasteiger partial charge in [-0.1, -0.05) is 0 Å². The first kappa shape index (κ1) is 13.8. The Kier molecular flexibility index (Phi) is 4.98. The van der Waals surface area contributed by atoms with Crippen molar-refractivity contribution in [1.82, 2.24) is 10.6 Å². The van der Waals surface area contributed by atoms with Crippen LogP contribution in [0.25, 0.3) is 0 Å². The molecule has 0 saturated carbocycles. The topological polar surface area (TPSA) is 93.5 Å². The van der Waals surface area contributed by atoms with Crippen LogP contribution in [-0.2, 0) is 4.79 Å². The smallest absolute Gasteiger partial charge is 0.255 e. The van der Waals surface area contributed by atoms with Gasteiger partial charge in [-0.25, -0.2) is 0 Å². The van der Waals surface area contributed by atoms with Crippen LogP contribution >= 0.6 is 0 Å². The molecule has 0 bridgehead atoms. The van der Waals surface area contributed by atoms with Gasteiger partial charge in [-0.15, -0.1) is 0 Å². The van der Waals surface area contributed by atoms with Gasteiger partial charge in [-0.2, -0.15) is 0 Å². The number of nitrogen functional groups attached to an aromatic ring is 1. The van der Waals surface area contributed by atoms with Crippen LogP contribution in [0.4, 0.5) is 5.69 Å². The predicted molar refractivity (Wildman–Crippen MR) is 68.4 cm³/mol. The van der Waals surface area contributed by atoms with Crippen LogP contribution in [0.5, 0.6) is 5.75 Å². The molecule has 0 aromatic heterocycles. The predicted octanol–water partition coefficient (Wildman–Crippen LogP) is 0.143. The van der Waals surface area contributed by atoms with E-state index in [-0.39, 0.29) is 24.8 Å². The van der Waals surface area contributed by atoms with Gasteiger partial charge >= 0.3 is 0 Å². The highest BCUT2D eigenvalue weighted by molar-refractivity contribution is 5.98. The minimum atomic E-state index is -0.317. The zero-order valence-corrected chi connectivity index (χ0v) is 10.4. The lowest BCUT2D eigenvalue weighted by Crippen LogP contribution is -2.29. The summed E-state index contributed by atoms with van der Waals surface area (Å²) in [6.07, 6.45) is 0.229. The third-order valence-corrected chi connectivity index (χ3v) is 2.38.